The number of benzene rings is 1. The molecule has 6 heteroatoms. The molecule has 7 rings (SSSR count). The minimum Gasteiger partial charge on any atom is -0.470 e. The predicted molar refractivity (Wildman–Crippen MR) is 109 cm³/mol. The number of aromatic nitrogens is 5. The second-order valence-corrected chi connectivity index (χ2v) is 7.92. The molecular formula is C23H21N5O. The Morgan fingerprint density at radius 3 is 2.38 bits per heavy atom. The molecule has 0 amide bonds. The number of ether oxygens (including phenoxy) is 1. The fourth-order valence-corrected chi connectivity index (χ4v) is 4.89. The maximum atomic E-state index is 6.26. The third kappa shape index (κ3) is 2.70. The number of hydrogen-bond donors (Lipinski definition) is 0. The Hall–Kier alpha value is -3.28. The highest BCUT2D eigenvalue weighted by atomic mass is 16.5. The average molecular weight is 383 g/mol. The van der Waals surface area contributed by atoms with Crippen molar-refractivity contribution in [3.63, 3.8) is 0 Å². The lowest BCUT2D eigenvalue weighted by Gasteiger charge is -2.38. The highest BCUT2D eigenvalue weighted by molar-refractivity contribution is 5.65. The first kappa shape index (κ1) is 16.7. The van der Waals surface area contributed by atoms with Crippen molar-refractivity contribution >= 4 is 5.65 Å². The molecule has 1 saturated carbocycles. The first-order chi connectivity index (χ1) is 14.4. The molecule has 0 aliphatic heterocycles. The summed E-state index contributed by atoms with van der Waals surface area (Å²) in [4.78, 5) is 4.39. The number of pyridine rings is 1. The summed E-state index contributed by atoms with van der Waals surface area (Å²) in [5.74, 6) is 2.49. The van der Waals surface area contributed by atoms with E-state index in [2.05, 4.69) is 15.2 Å². The molecule has 3 aliphatic carbocycles. The van der Waals surface area contributed by atoms with Gasteiger partial charge in [0.1, 0.15) is 6.61 Å². The van der Waals surface area contributed by atoms with Crippen molar-refractivity contribution in [1.82, 2.24) is 24.8 Å². The second kappa shape index (κ2) is 6.65. The standard InChI is InChI=1S/C23H21N5O/c1-2-6-17(7-3-1)21-25-26-22-19-15-9-11-16(12-10-15)20(19)23(27-28(21)22)29-14-18-8-4-5-13-24-18/h1-8,13,15-16H,9-12,14H2. The number of rotatable bonds is 4. The molecule has 0 spiro atoms. The summed E-state index contributed by atoms with van der Waals surface area (Å²) in [5, 5.41) is 14.0. The molecule has 3 heterocycles. The SMILES string of the molecule is c1ccc(-c2nnc3c4c(c(OCc5ccccn5)nn23)C2CCC4CC2)cc1. The lowest BCUT2D eigenvalue weighted by molar-refractivity contribution is 0.265. The Bertz CT molecular complexity index is 1160. The van der Waals surface area contributed by atoms with Crippen LogP contribution in [0.1, 0.15) is 54.3 Å². The van der Waals surface area contributed by atoms with E-state index < -0.39 is 0 Å². The van der Waals surface area contributed by atoms with Gasteiger partial charge >= 0.3 is 0 Å². The van der Waals surface area contributed by atoms with Crippen LogP contribution in [0.4, 0.5) is 0 Å². The molecular weight excluding hydrogens is 362 g/mol. The third-order valence-corrected chi connectivity index (χ3v) is 6.25. The fourth-order valence-electron chi connectivity index (χ4n) is 4.89. The van der Waals surface area contributed by atoms with Crippen molar-refractivity contribution in [2.75, 3.05) is 0 Å². The Morgan fingerprint density at radius 2 is 1.62 bits per heavy atom. The van der Waals surface area contributed by atoms with Gasteiger partial charge in [-0.25, -0.2) is 0 Å². The quantitative estimate of drug-likeness (QED) is 0.518. The average Bonchev–Trinajstić information content (AvgIpc) is 3.23. The highest BCUT2D eigenvalue weighted by Crippen LogP contribution is 2.53. The molecule has 0 unspecified atom stereocenters. The molecule has 29 heavy (non-hydrogen) atoms. The topological polar surface area (TPSA) is 65.2 Å². The van der Waals surface area contributed by atoms with E-state index in [1.165, 1.54) is 36.8 Å². The summed E-state index contributed by atoms with van der Waals surface area (Å²) < 4.78 is 8.14. The summed E-state index contributed by atoms with van der Waals surface area (Å²) in [6, 6.07) is 16.0. The van der Waals surface area contributed by atoms with Crippen molar-refractivity contribution < 1.29 is 4.74 Å². The zero-order chi connectivity index (χ0) is 19.2. The van der Waals surface area contributed by atoms with Crippen LogP contribution >= 0.6 is 0 Å². The van der Waals surface area contributed by atoms with Crippen LogP contribution in [0.2, 0.25) is 0 Å². The van der Waals surface area contributed by atoms with E-state index >= 15 is 0 Å². The van der Waals surface area contributed by atoms with Gasteiger partial charge < -0.3 is 4.74 Å². The minimum absolute atomic E-state index is 0.409. The summed E-state index contributed by atoms with van der Waals surface area (Å²) in [5.41, 5.74) is 5.34. The smallest absolute Gasteiger partial charge is 0.236 e. The van der Waals surface area contributed by atoms with E-state index in [0.29, 0.717) is 24.3 Å². The van der Waals surface area contributed by atoms with Gasteiger partial charge in [-0.05, 0) is 49.7 Å². The van der Waals surface area contributed by atoms with Crippen LogP contribution in [-0.2, 0) is 6.61 Å². The number of fused-ring (bicyclic) bond motifs is 3. The van der Waals surface area contributed by atoms with Crippen LogP contribution < -0.4 is 4.74 Å². The van der Waals surface area contributed by atoms with Crippen LogP contribution in [0.15, 0.2) is 54.7 Å². The minimum atomic E-state index is 0.409. The van der Waals surface area contributed by atoms with Crippen molar-refractivity contribution in [3.05, 3.63) is 71.5 Å². The van der Waals surface area contributed by atoms with Gasteiger partial charge in [0.2, 0.25) is 5.88 Å². The lowest BCUT2D eigenvalue weighted by Crippen LogP contribution is -2.25. The summed E-state index contributed by atoms with van der Waals surface area (Å²) >= 11 is 0. The summed E-state index contributed by atoms with van der Waals surface area (Å²) in [6.07, 6.45) is 6.62. The molecule has 0 N–H and O–H groups in total. The maximum Gasteiger partial charge on any atom is 0.236 e. The van der Waals surface area contributed by atoms with E-state index in [-0.39, 0.29) is 0 Å². The summed E-state index contributed by atoms with van der Waals surface area (Å²) in [6.45, 7) is 0.409. The van der Waals surface area contributed by atoms with Crippen LogP contribution in [0.25, 0.3) is 17.0 Å². The second-order valence-electron chi connectivity index (χ2n) is 7.92. The van der Waals surface area contributed by atoms with Crippen molar-refractivity contribution in [2.24, 2.45) is 0 Å². The third-order valence-electron chi connectivity index (χ3n) is 6.25. The molecule has 0 saturated heterocycles. The predicted octanol–water partition coefficient (Wildman–Crippen LogP) is 4.52. The molecule has 0 radical (unpaired) electrons. The van der Waals surface area contributed by atoms with Gasteiger partial charge in [0, 0.05) is 22.9 Å². The molecule has 3 aromatic heterocycles. The zero-order valence-electron chi connectivity index (χ0n) is 16.0. The number of nitrogens with zero attached hydrogens (tertiary/aromatic N) is 5. The monoisotopic (exact) mass is 383 g/mol. The molecule has 6 nitrogen and oxygen atoms in total. The van der Waals surface area contributed by atoms with Gasteiger partial charge in [-0.3, -0.25) is 4.98 Å². The molecule has 4 aromatic rings. The molecule has 1 fully saturated rings. The first-order valence-corrected chi connectivity index (χ1v) is 10.3. The van der Waals surface area contributed by atoms with Crippen LogP contribution in [-0.4, -0.2) is 24.8 Å². The number of hydrogen-bond acceptors (Lipinski definition) is 5. The Labute approximate surface area is 168 Å². The molecule has 3 aliphatic rings. The van der Waals surface area contributed by atoms with Crippen LogP contribution in [0.3, 0.4) is 0 Å². The zero-order valence-corrected chi connectivity index (χ0v) is 16.0. The summed E-state index contributed by atoms with van der Waals surface area (Å²) in [7, 11) is 0. The molecule has 2 bridgehead atoms. The molecule has 1 aromatic carbocycles. The Balaban J connectivity index is 1.52. The molecule has 144 valence electrons. The Kier molecular flexibility index (Phi) is 3.82. The van der Waals surface area contributed by atoms with Gasteiger partial charge in [0.25, 0.3) is 0 Å². The fraction of sp³-hybridized carbons (Fsp3) is 0.304. The van der Waals surface area contributed by atoms with E-state index in [4.69, 9.17) is 9.84 Å². The van der Waals surface area contributed by atoms with Crippen LogP contribution in [0, 0.1) is 0 Å². The van der Waals surface area contributed by atoms with E-state index in [1.54, 1.807) is 6.20 Å². The van der Waals surface area contributed by atoms with Gasteiger partial charge in [0.15, 0.2) is 11.5 Å². The van der Waals surface area contributed by atoms with Crippen molar-refractivity contribution in [1.29, 1.82) is 0 Å². The largest absolute Gasteiger partial charge is 0.470 e. The first-order valence-electron chi connectivity index (χ1n) is 10.3. The van der Waals surface area contributed by atoms with Crippen LogP contribution in [0.5, 0.6) is 5.88 Å². The molecule has 0 atom stereocenters. The van der Waals surface area contributed by atoms with Gasteiger partial charge in [-0.2, -0.15) is 4.52 Å². The lowest BCUT2D eigenvalue weighted by atomic mass is 9.67. The van der Waals surface area contributed by atoms with Crippen molar-refractivity contribution in [2.45, 2.75) is 44.1 Å². The van der Waals surface area contributed by atoms with Gasteiger partial charge in [-0.15, -0.1) is 15.3 Å². The van der Waals surface area contributed by atoms with E-state index in [9.17, 15) is 0 Å². The van der Waals surface area contributed by atoms with E-state index in [1.807, 2.05) is 53.0 Å². The van der Waals surface area contributed by atoms with E-state index in [0.717, 1.165) is 22.7 Å². The van der Waals surface area contributed by atoms with Gasteiger partial charge in [-0.1, -0.05) is 36.4 Å². The maximum absolute atomic E-state index is 6.26. The normalized spacial score (nSPS) is 20.0. The van der Waals surface area contributed by atoms with Crippen molar-refractivity contribution in [3.8, 4) is 17.3 Å². The Morgan fingerprint density at radius 1 is 0.862 bits per heavy atom. The highest BCUT2D eigenvalue weighted by Gasteiger charge is 2.39. The van der Waals surface area contributed by atoms with Gasteiger partial charge in [0.05, 0.1) is 5.69 Å².